The van der Waals surface area contributed by atoms with Gasteiger partial charge in [0.15, 0.2) is 0 Å². The Bertz CT molecular complexity index is 328. The predicted octanol–water partition coefficient (Wildman–Crippen LogP) is 1.14. The second-order valence-electron chi connectivity index (χ2n) is 2.97. The van der Waals surface area contributed by atoms with Gasteiger partial charge in [0.05, 0.1) is 11.9 Å². The Balaban J connectivity index is 2.71. The van der Waals surface area contributed by atoms with E-state index in [1.807, 2.05) is 24.3 Å². The highest BCUT2D eigenvalue weighted by atomic mass is 32.2. The minimum Gasteiger partial charge on any atom is -0.392 e. The highest BCUT2D eigenvalue weighted by Crippen LogP contribution is 2.23. The van der Waals surface area contributed by atoms with Crippen molar-refractivity contribution in [2.75, 3.05) is 0 Å². The quantitative estimate of drug-likeness (QED) is 0.734. The maximum Gasteiger partial charge on any atom is 0.230 e. The molecule has 0 fully saturated rings. The molecule has 1 atom stereocenters. The molecule has 3 nitrogen and oxygen atoms in total. The summed E-state index contributed by atoms with van der Waals surface area (Å²) in [5, 5.41) is 8.66. The minimum atomic E-state index is -0.329. The zero-order chi connectivity index (χ0) is 10.6. The molecule has 1 rings (SSSR count). The first-order valence-electron chi connectivity index (χ1n) is 4.29. The van der Waals surface area contributed by atoms with E-state index in [2.05, 4.69) is 0 Å². The molecule has 0 aliphatic rings. The molecular weight excluding hydrogens is 198 g/mol. The van der Waals surface area contributed by atoms with E-state index < -0.39 is 0 Å². The van der Waals surface area contributed by atoms with Gasteiger partial charge in [-0.3, -0.25) is 4.79 Å². The van der Waals surface area contributed by atoms with E-state index in [9.17, 15) is 4.79 Å². The minimum absolute atomic E-state index is 0.0132. The van der Waals surface area contributed by atoms with Crippen LogP contribution < -0.4 is 5.73 Å². The molecule has 0 aromatic heterocycles. The van der Waals surface area contributed by atoms with Crippen molar-refractivity contribution in [1.82, 2.24) is 0 Å². The Kier molecular flexibility index (Phi) is 3.98. The summed E-state index contributed by atoms with van der Waals surface area (Å²) in [4.78, 5) is 11.8. The molecule has 0 bridgehead atoms. The Morgan fingerprint density at radius 2 is 2.36 bits per heavy atom. The summed E-state index contributed by atoms with van der Waals surface area (Å²) >= 11 is 1.40. The topological polar surface area (TPSA) is 63.3 Å². The van der Waals surface area contributed by atoms with E-state index in [1.165, 1.54) is 11.8 Å². The van der Waals surface area contributed by atoms with Crippen molar-refractivity contribution in [2.24, 2.45) is 5.73 Å². The van der Waals surface area contributed by atoms with E-state index in [4.69, 9.17) is 10.8 Å². The largest absolute Gasteiger partial charge is 0.392 e. The molecule has 0 aliphatic heterocycles. The predicted molar refractivity (Wildman–Crippen MR) is 56.9 cm³/mol. The summed E-state index contributed by atoms with van der Waals surface area (Å²) in [6.45, 7) is 1.78. The lowest BCUT2D eigenvalue weighted by atomic mass is 10.2. The molecule has 0 spiro atoms. The van der Waals surface area contributed by atoms with Crippen LogP contribution in [0.1, 0.15) is 12.5 Å². The van der Waals surface area contributed by atoms with Crippen LogP contribution >= 0.6 is 11.8 Å². The first-order valence-corrected chi connectivity index (χ1v) is 5.17. The van der Waals surface area contributed by atoms with Gasteiger partial charge in [-0.15, -0.1) is 11.8 Å². The Morgan fingerprint density at radius 1 is 1.64 bits per heavy atom. The number of rotatable bonds is 4. The van der Waals surface area contributed by atoms with Gasteiger partial charge in [-0.25, -0.2) is 0 Å². The van der Waals surface area contributed by atoms with Gasteiger partial charge in [0.2, 0.25) is 5.91 Å². The van der Waals surface area contributed by atoms with Crippen LogP contribution in [0.25, 0.3) is 0 Å². The van der Waals surface area contributed by atoms with Crippen molar-refractivity contribution in [3.05, 3.63) is 29.8 Å². The monoisotopic (exact) mass is 211 g/mol. The molecule has 0 radical (unpaired) electrons. The highest BCUT2D eigenvalue weighted by Gasteiger charge is 2.09. The second kappa shape index (κ2) is 5.02. The summed E-state index contributed by atoms with van der Waals surface area (Å²) in [6.07, 6.45) is 0. The van der Waals surface area contributed by atoms with E-state index in [0.29, 0.717) is 0 Å². The molecule has 1 amide bonds. The fraction of sp³-hybridized carbons (Fsp3) is 0.300. The normalized spacial score (nSPS) is 12.4. The van der Waals surface area contributed by atoms with Crippen molar-refractivity contribution in [1.29, 1.82) is 0 Å². The molecule has 0 aliphatic carbocycles. The van der Waals surface area contributed by atoms with E-state index >= 15 is 0 Å². The van der Waals surface area contributed by atoms with Crippen LogP contribution in [0.15, 0.2) is 29.2 Å². The standard InChI is InChI=1S/C10H13NO2S/c1-7(10(11)13)14-9-4-2-3-8(5-9)6-12/h2-5,7,12H,6H2,1H3,(H2,11,13). The molecule has 14 heavy (non-hydrogen) atoms. The van der Waals surface area contributed by atoms with Gasteiger partial charge in [-0.1, -0.05) is 12.1 Å². The third kappa shape index (κ3) is 3.05. The van der Waals surface area contributed by atoms with Crippen molar-refractivity contribution >= 4 is 17.7 Å². The smallest absolute Gasteiger partial charge is 0.230 e. The maximum atomic E-state index is 10.8. The molecule has 3 N–H and O–H groups in total. The SMILES string of the molecule is CC(Sc1cccc(CO)c1)C(N)=O. The number of amides is 1. The van der Waals surface area contributed by atoms with Gasteiger partial charge in [0, 0.05) is 4.90 Å². The lowest BCUT2D eigenvalue weighted by Crippen LogP contribution is -2.22. The van der Waals surface area contributed by atoms with Crippen LogP contribution in [-0.4, -0.2) is 16.3 Å². The van der Waals surface area contributed by atoms with Gasteiger partial charge in [-0.05, 0) is 24.6 Å². The van der Waals surface area contributed by atoms with Crippen LogP contribution in [0.4, 0.5) is 0 Å². The Labute approximate surface area is 87.3 Å². The molecule has 4 heteroatoms. The van der Waals surface area contributed by atoms with Crippen molar-refractivity contribution in [2.45, 2.75) is 23.7 Å². The van der Waals surface area contributed by atoms with Gasteiger partial charge in [0.25, 0.3) is 0 Å². The van der Waals surface area contributed by atoms with Crippen LogP contribution in [-0.2, 0) is 11.4 Å². The number of thioether (sulfide) groups is 1. The zero-order valence-electron chi connectivity index (χ0n) is 7.93. The molecular formula is C10H13NO2S. The first-order chi connectivity index (χ1) is 6.63. The third-order valence-electron chi connectivity index (χ3n) is 1.79. The summed E-state index contributed by atoms with van der Waals surface area (Å²) < 4.78 is 0. The van der Waals surface area contributed by atoms with Gasteiger partial charge >= 0.3 is 0 Å². The van der Waals surface area contributed by atoms with Crippen LogP contribution in [0.2, 0.25) is 0 Å². The number of carbonyl (C=O) groups excluding carboxylic acids is 1. The molecule has 0 saturated heterocycles. The van der Waals surface area contributed by atoms with Gasteiger partial charge in [-0.2, -0.15) is 0 Å². The summed E-state index contributed by atoms with van der Waals surface area (Å²) in [5.41, 5.74) is 5.98. The second-order valence-corrected chi connectivity index (χ2v) is 4.38. The average Bonchev–Trinajstić information content (AvgIpc) is 2.18. The van der Waals surface area contributed by atoms with Crippen molar-refractivity contribution in [3.63, 3.8) is 0 Å². The van der Waals surface area contributed by atoms with Gasteiger partial charge in [0.1, 0.15) is 0 Å². The molecule has 0 heterocycles. The highest BCUT2D eigenvalue weighted by molar-refractivity contribution is 8.00. The zero-order valence-corrected chi connectivity index (χ0v) is 8.75. The Hall–Kier alpha value is -1.00. The number of hydrogen-bond acceptors (Lipinski definition) is 3. The van der Waals surface area contributed by atoms with Crippen molar-refractivity contribution < 1.29 is 9.90 Å². The number of aliphatic hydroxyl groups excluding tert-OH is 1. The number of aliphatic hydroxyl groups is 1. The summed E-state index contributed by atoms with van der Waals surface area (Å²) in [6, 6.07) is 7.42. The lowest BCUT2D eigenvalue weighted by Gasteiger charge is -2.07. The maximum absolute atomic E-state index is 10.8. The first kappa shape index (κ1) is 11.1. The molecule has 1 aromatic carbocycles. The molecule has 76 valence electrons. The van der Waals surface area contributed by atoms with Gasteiger partial charge < -0.3 is 10.8 Å². The van der Waals surface area contributed by atoms with E-state index in [-0.39, 0.29) is 17.8 Å². The van der Waals surface area contributed by atoms with Crippen LogP contribution in [0.3, 0.4) is 0 Å². The van der Waals surface area contributed by atoms with E-state index in [0.717, 1.165) is 10.5 Å². The number of nitrogens with two attached hydrogens (primary N) is 1. The number of primary amides is 1. The third-order valence-corrected chi connectivity index (χ3v) is 2.91. The number of carbonyl (C=O) groups is 1. The van der Waals surface area contributed by atoms with Crippen LogP contribution in [0.5, 0.6) is 0 Å². The molecule has 0 saturated carbocycles. The van der Waals surface area contributed by atoms with Crippen LogP contribution in [0, 0.1) is 0 Å². The number of benzene rings is 1. The lowest BCUT2D eigenvalue weighted by molar-refractivity contribution is -0.117. The fourth-order valence-electron chi connectivity index (χ4n) is 0.979. The average molecular weight is 211 g/mol. The van der Waals surface area contributed by atoms with E-state index in [1.54, 1.807) is 6.92 Å². The Morgan fingerprint density at radius 3 is 2.93 bits per heavy atom. The summed E-state index contributed by atoms with van der Waals surface area (Å²) in [5.74, 6) is -0.329. The van der Waals surface area contributed by atoms with Crippen molar-refractivity contribution in [3.8, 4) is 0 Å². The molecule has 1 unspecified atom stereocenters. The summed E-state index contributed by atoms with van der Waals surface area (Å²) in [7, 11) is 0. The number of hydrogen-bond donors (Lipinski definition) is 2. The fourth-order valence-corrected chi connectivity index (χ4v) is 1.88. The molecule has 1 aromatic rings.